The molecule has 1 aromatic heterocycles. The van der Waals surface area contributed by atoms with Crippen LogP contribution in [0.15, 0.2) is 6.20 Å². The minimum Gasteiger partial charge on any atom is -0.382 e. The molecule has 0 radical (unpaired) electrons. The van der Waals surface area contributed by atoms with E-state index in [0.717, 1.165) is 0 Å². The molecule has 23 heavy (non-hydrogen) atoms. The second-order valence-corrected chi connectivity index (χ2v) is 9.23. The Bertz CT molecular complexity index is 626. The molecule has 1 fully saturated rings. The lowest BCUT2D eigenvalue weighted by Gasteiger charge is -2.37. The fourth-order valence-corrected chi connectivity index (χ4v) is 4.55. The maximum Gasteiger partial charge on any atom is 0.214 e. The first-order valence-corrected chi connectivity index (χ1v) is 9.87. The molecule has 0 spiro atoms. The van der Waals surface area contributed by atoms with Crippen LogP contribution in [-0.2, 0) is 15.6 Å². The van der Waals surface area contributed by atoms with Crippen molar-refractivity contribution in [2.45, 2.75) is 58.6 Å². The largest absolute Gasteiger partial charge is 0.382 e. The van der Waals surface area contributed by atoms with E-state index in [0.29, 0.717) is 37.4 Å². The van der Waals surface area contributed by atoms with Gasteiger partial charge in [-0.1, -0.05) is 19.1 Å². The molecule has 1 aliphatic rings. The third-order valence-corrected chi connectivity index (χ3v) is 6.15. The summed E-state index contributed by atoms with van der Waals surface area (Å²) in [5.41, 5.74) is -0.800. The Morgan fingerprint density at radius 3 is 2.61 bits per heavy atom. The van der Waals surface area contributed by atoms with Gasteiger partial charge in [0.2, 0.25) is 10.0 Å². The van der Waals surface area contributed by atoms with Crippen LogP contribution in [0.3, 0.4) is 0 Å². The van der Waals surface area contributed by atoms with E-state index in [9.17, 15) is 13.5 Å². The molecule has 0 bridgehead atoms. The van der Waals surface area contributed by atoms with Crippen molar-refractivity contribution in [1.29, 1.82) is 0 Å². The molecule has 0 saturated carbocycles. The molecule has 2 rings (SSSR count). The van der Waals surface area contributed by atoms with E-state index in [4.69, 9.17) is 0 Å². The number of piperidine rings is 1. The Kier molecular flexibility index (Phi) is 5.48. The number of hydrogen-bond donors (Lipinski definition) is 1. The van der Waals surface area contributed by atoms with E-state index in [-0.39, 0.29) is 18.3 Å². The first kappa shape index (κ1) is 18.4. The van der Waals surface area contributed by atoms with Gasteiger partial charge in [0.05, 0.1) is 11.9 Å². The Morgan fingerprint density at radius 2 is 2.04 bits per heavy atom. The van der Waals surface area contributed by atoms with E-state index in [1.54, 1.807) is 10.9 Å². The van der Waals surface area contributed by atoms with Crippen molar-refractivity contribution in [1.82, 2.24) is 19.3 Å². The molecule has 2 heterocycles. The Morgan fingerprint density at radius 1 is 1.35 bits per heavy atom. The van der Waals surface area contributed by atoms with Gasteiger partial charge >= 0.3 is 0 Å². The van der Waals surface area contributed by atoms with E-state index in [1.165, 1.54) is 4.31 Å². The number of β-amino-alcohol motifs (C(OH)–C–C–N with tert-alkyl or cyclic N) is 1. The Balaban J connectivity index is 2.15. The summed E-state index contributed by atoms with van der Waals surface area (Å²) >= 11 is 0. The van der Waals surface area contributed by atoms with E-state index < -0.39 is 15.6 Å². The van der Waals surface area contributed by atoms with Crippen LogP contribution in [0.4, 0.5) is 0 Å². The summed E-state index contributed by atoms with van der Waals surface area (Å²) in [6.07, 6.45) is 3.46. The molecular weight excluding hydrogens is 316 g/mol. The van der Waals surface area contributed by atoms with Gasteiger partial charge in [0.1, 0.15) is 11.3 Å². The topological polar surface area (TPSA) is 88.3 Å². The first-order valence-electron chi connectivity index (χ1n) is 8.26. The first-order chi connectivity index (χ1) is 10.6. The minimum absolute atomic E-state index is 0.0597. The van der Waals surface area contributed by atoms with Gasteiger partial charge in [0, 0.05) is 19.1 Å². The van der Waals surface area contributed by atoms with Crippen LogP contribution in [-0.4, -0.2) is 51.7 Å². The Hall–Kier alpha value is -0.990. The number of aromatic nitrogens is 3. The second kappa shape index (κ2) is 6.86. The number of hydrogen-bond acceptors (Lipinski definition) is 5. The highest BCUT2D eigenvalue weighted by Gasteiger charge is 2.41. The highest BCUT2D eigenvalue weighted by molar-refractivity contribution is 7.89. The molecule has 1 atom stereocenters. The molecule has 1 aromatic rings. The van der Waals surface area contributed by atoms with Gasteiger partial charge in [0.25, 0.3) is 0 Å². The van der Waals surface area contributed by atoms with Crippen LogP contribution in [0, 0.1) is 5.92 Å². The summed E-state index contributed by atoms with van der Waals surface area (Å²) in [7, 11) is -3.35. The zero-order chi connectivity index (χ0) is 17.3. The van der Waals surface area contributed by atoms with Gasteiger partial charge in [-0.2, -0.15) is 4.31 Å². The van der Waals surface area contributed by atoms with E-state index in [1.807, 2.05) is 27.7 Å². The van der Waals surface area contributed by atoms with Crippen molar-refractivity contribution in [3.8, 4) is 0 Å². The lowest BCUT2D eigenvalue weighted by molar-refractivity contribution is -0.0162. The molecule has 1 saturated heterocycles. The summed E-state index contributed by atoms with van der Waals surface area (Å²) in [4.78, 5) is 0. The van der Waals surface area contributed by atoms with Crippen molar-refractivity contribution >= 4 is 10.0 Å². The van der Waals surface area contributed by atoms with Gasteiger partial charge < -0.3 is 5.11 Å². The summed E-state index contributed by atoms with van der Waals surface area (Å²) in [6.45, 7) is 8.49. The number of sulfonamides is 1. The molecule has 0 aliphatic carbocycles. The zero-order valence-electron chi connectivity index (χ0n) is 14.4. The molecule has 1 N–H and O–H groups in total. The monoisotopic (exact) mass is 344 g/mol. The predicted octanol–water partition coefficient (Wildman–Crippen LogP) is 1.52. The van der Waals surface area contributed by atoms with Gasteiger partial charge in [-0.3, -0.25) is 0 Å². The molecule has 7 nitrogen and oxygen atoms in total. The number of nitrogens with zero attached hydrogens (tertiary/aromatic N) is 4. The standard InChI is InChI=1S/C15H28N4O3S/c1-12(2)6-9-23(21,22)18-8-5-7-15(20,11-18)14-10-19(13(3)4)17-16-14/h10,12-13,20H,5-9,11H2,1-4H3. The van der Waals surface area contributed by atoms with Crippen molar-refractivity contribution in [3.63, 3.8) is 0 Å². The van der Waals surface area contributed by atoms with Crippen molar-refractivity contribution in [2.75, 3.05) is 18.8 Å². The van der Waals surface area contributed by atoms with E-state index >= 15 is 0 Å². The third kappa shape index (κ3) is 4.30. The predicted molar refractivity (Wildman–Crippen MR) is 88.4 cm³/mol. The molecule has 132 valence electrons. The summed E-state index contributed by atoms with van der Waals surface area (Å²) in [5, 5.41) is 19.0. The van der Waals surface area contributed by atoms with Crippen LogP contribution < -0.4 is 0 Å². The fraction of sp³-hybridized carbons (Fsp3) is 0.867. The summed E-state index contributed by atoms with van der Waals surface area (Å²) in [6, 6.07) is 0.148. The number of rotatable bonds is 6. The second-order valence-electron chi connectivity index (χ2n) is 7.14. The molecule has 1 unspecified atom stereocenters. The molecule has 8 heteroatoms. The smallest absolute Gasteiger partial charge is 0.214 e. The average Bonchev–Trinajstić information content (AvgIpc) is 2.96. The maximum atomic E-state index is 12.5. The summed E-state index contributed by atoms with van der Waals surface area (Å²) in [5.74, 6) is 0.457. The van der Waals surface area contributed by atoms with Crippen molar-refractivity contribution in [3.05, 3.63) is 11.9 Å². The highest BCUT2D eigenvalue weighted by atomic mass is 32.2. The lowest BCUT2D eigenvalue weighted by atomic mass is 9.91. The summed E-state index contributed by atoms with van der Waals surface area (Å²) < 4.78 is 28.1. The van der Waals surface area contributed by atoms with Gasteiger partial charge in [-0.05, 0) is 39.0 Å². The maximum absolute atomic E-state index is 12.5. The minimum atomic E-state index is -3.35. The van der Waals surface area contributed by atoms with Crippen molar-refractivity contribution in [2.24, 2.45) is 5.92 Å². The molecule has 1 aliphatic heterocycles. The van der Waals surface area contributed by atoms with Crippen molar-refractivity contribution < 1.29 is 13.5 Å². The van der Waals surface area contributed by atoms with Crippen LogP contribution in [0.2, 0.25) is 0 Å². The highest BCUT2D eigenvalue weighted by Crippen LogP contribution is 2.32. The fourth-order valence-electron chi connectivity index (χ4n) is 2.70. The quantitative estimate of drug-likeness (QED) is 0.845. The SMILES string of the molecule is CC(C)CCS(=O)(=O)N1CCCC(O)(c2cn(C(C)C)nn2)C1. The van der Waals surface area contributed by atoms with Crippen LogP contribution in [0.5, 0.6) is 0 Å². The van der Waals surface area contributed by atoms with Crippen LogP contribution >= 0.6 is 0 Å². The average molecular weight is 344 g/mol. The normalized spacial score (nSPS) is 23.8. The molecular formula is C15H28N4O3S. The lowest BCUT2D eigenvalue weighted by Crippen LogP contribution is -2.49. The van der Waals surface area contributed by atoms with Gasteiger partial charge in [-0.25, -0.2) is 13.1 Å². The molecule has 0 amide bonds. The van der Waals surface area contributed by atoms with Gasteiger partial charge in [0.15, 0.2) is 0 Å². The number of aliphatic hydroxyl groups is 1. The van der Waals surface area contributed by atoms with Crippen LogP contribution in [0.25, 0.3) is 0 Å². The third-order valence-electron chi connectivity index (χ3n) is 4.30. The molecule has 0 aromatic carbocycles. The van der Waals surface area contributed by atoms with Gasteiger partial charge in [-0.15, -0.1) is 5.10 Å². The zero-order valence-corrected chi connectivity index (χ0v) is 15.3. The van der Waals surface area contributed by atoms with E-state index in [2.05, 4.69) is 10.3 Å². The Labute approximate surface area is 138 Å². The van der Waals surface area contributed by atoms with Crippen LogP contribution in [0.1, 0.15) is 58.7 Å².